The molecule has 0 rings (SSSR count). The van der Waals surface area contributed by atoms with E-state index in [0.717, 1.165) is 0 Å². The van der Waals surface area contributed by atoms with Gasteiger partial charge in [0, 0.05) is 3.91 Å². The van der Waals surface area contributed by atoms with Crippen LogP contribution in [0, 0.1) is 0 Å². The lowest BCUT2D eigenvalue weighted by molar-refractivity contribution is 0.513. The summed E-state index contributed by atoms with van der Waals surface area (Å²) in [7, 11) is -8.34. The summed E-state index contributed by atoms with van der Waals surface area (Å²) in [4.78, 5) is 0. The highest BCUT2D eigenvalue weighted by Gasteiger charge is 2.65. The second-order valence-electron chi connectivity index (χ2n) is 7.77. The summed E-state index contributed by atoms with van der Waals surface area (Å²) < 4.78 is 25.8. The molecule has 0 heterocycles. The van der Waals surface area contributed by atoms with Crippen LogP contribution in [0.15, 0.2) is 0 Å². The first-order valence-corrected chi connectivity index (χ1v) is 17.7. The molecule has 0 bridgehead atoms. The smallest absolute Gasteiger partial charge is 0.346 e. The minimum atomic E-state index is -2.97. The SMILES string of the molecule is C[Si](C)(C)C([Si](=O)F)([Si](C)(C)C)[Si](C)(C)C. The molecule has 0 unspecified atom stereocenters. The zero-order chi connectivity index (χ0) is 13.6. The van der Waals surface area contributed by atoms with E-state index >= 15 is 0 Å². The van der Waals surface area contributed by atoms with Crippen molar-refractivity contribution < 1.29 is 8.57 Å². The molecule has 0 aromatic carbocycles. The quantitative estimate of drug-likeness (QED) is 0.560. The minimum absolute atomic E-state index is 0.391. The maximum Gasteiger partial charge on any atom is 0.480 e. The summed E-state index contributed by atoms with van der Waals surface area (Å²) in [5, 5.41) is 0. The van der Waals surface area contributed by atoms with E-state index in [1.807, 2.05) is 0 Å². The van der Waals surface area contributed by atoms with Crippen LogP contribution in [-0.2, 0) is 4.46 Å². The van der Waals surface area contributed by atoms with Gasteiger partial charge in [-0.1, -0.05) is 58.9 Å². The van der Waals surface area contributed by atoms with Gasteiger partial charge in [-0.15, -0.1) is 0 Å². The molecule has 0 saturated carbocycles. The molecule has 6 heteroatoms. The lowest BCUT2D eigenvalue weighted by Gasteiger charge is -2.55. The molecule has 0 aromatic rings. The van der Waals surface area contributed by atoms with Gasteiger partial charge in [-0.2, -0.15) is 0 Å². The van der Waals surface area contributed by atoms with Crippen molar-refractivity contribution >= 4 is 33.2 Å². The Morgan fingerprint density at radius 3 is 0.938 bits per heavy atom. The Labute approximate surface area is 105 Å². The second kappa shape index (κ2) is 4.36. The van der Waals surface area contributed by atoms with Gasteiger partial charge in [-0.05, 0) is 0 Å². The van der Waals surface area contributed by atoms with Crippen LogP contribution < -0.4 is 0 Å². The molecular weight excluding hydrogens is 267 g/mol. The van der Waals surface area contributed by atoms with Crippen molar-refractivity contribution in [2.75, 3.05) is 0 Å². The number of hydrogen-bond acceptors (Lipinski definition) is 1. The van der Waals surface area contributed by atoms with Gasteiger partial charge in [0.05, 0.1) is 24.2 Å². The summed E-state index contributed by atoms with van der Waals surface area (Å²) in [6.07, 6.45) is 0. The van der Waals surface area contributed by atoms with Crippen molar-refractivity contribution in [3.8, 4) is 0 Å². The lowest BCUT2D eigenvalue weighted by atomic mass is 11.6. The van der Waals surface area contributed by atoms with Gasteiger partial charge in [-0.25, -0.2) is 4.11 Å². The fourth-order valence-electron chi connectivity index (χ4n) is 4.26. The van der Waals surface area contributed by atoms with Crippen molar-refractivity contribution in [3.05, 3.63) is 0 Å². The van der Waals surface area contributed by atoms with E-state index in [1.165, 1.54) is 0 Å². The van der Waals surface area contributed by atoms with E-state index in [4.69, 9.17) is 0 Å². The zero-order valence-electron chi connectivity index (χ0n) is 12.3. The molecule has 1 nitrogen and oxygen atoms in total. The van der Waals surface area contributed by atoms with E-state index in [2.05, 4.69) is 58.9 Å². The van der Waals surface area contributed by atoms with E-state index in [-0.39, 0.29) is 0 Å². The first-order valence-electron chi connectivity index (χ1n) is 5.89. The minimum Gasteiger partial charge on any atom is -0.346 e. The molecule has 0 aliphatic carbocycles. The van der Waals surface area contributed by atoms with Crippen molar-refractivity contribution in [2.24, 2.45) is 0 Å². The third kappa shape index (κ3) is 2.39. The highest BCUT2D eigenvalue weighted by atomic mass is 28.5. The Morgan fingerprint density at radius 1 is 0.750 bits per heavy atom. The molecule has 0 aliphatic heterocycles. The van der Waals surface area contributed by atoms with Crippen LogP contribution >= 0.6 is 0 Å². The molecule has 0 aromatic heterocycles. The van der Waals surface area contributed by atoms with Gasteiger partial charge in [0.1, 0.15) is 0 Å². The average Bonchev–Trinajstić information content (AvgIpc) is 1.71. The lowest BCUT2D eigenvalue weighted by Crippen LogP contribution is -2.69. The summed E-state index contributed by atoms with van der Waals surface area (Å²) in [6.45, 7) is 19.8. The summed E-state index contributed by atoms with van der Waals surface area (Å²) >= 11 is 0. The van der Waals surface area contributed by atoms with E-state index in [9.17, 15) is 8.57 Å². The van der Waals surface area contributed by atoms with Crippen LogP contribution in [0.25, 0.3) is 0 Å². The van der Waals surface area contributed by atoms with Gasteiger partial charge >= 0.3 is 9.02 Å². The molecule has 16 heavy (non-hydrogen) atoms. The Morgan fingerprint density at radius 2 is 0.938 bits per heavy atom. The predicted molar refractivity (Wildman–Crippen MR) is 80.3 cm³/mol. The Bertz CT molecular complexity index is 247. The number of hydrogen-bond donors (Lipinski definition) is 0. The number of halogens is 1. The molecule has 0 atom stereocenters. The molecule has 0 aliphatic rings. The molecule has 0 spiro atoms. The third-order valence-corrected chi connectivity index (χ3v) is 33.0. The van der Waals surface area contributed by atoms with Crippen LogP contribution in [0.5, 0.6) is 0 Å². The molecule has 0 amide bonds. The highest BCUT2D eigenvalue weighted by Crippen LogP contribution is 2.53. The first kappa shape index (κ1) is 16.6. The Balaban J connectivity index is 6.17. The topological polar surface area (TPSA) is 17.1 Å². The molecule has 0 radical (unpaired) electrons. The monoisotopic (exact) mass is 294 g/mol. The van der Waals surface area contributed by atoms with Gasteiger partial charge in [0.15, 0.2) is 0 Å². The highest BCUT2D eigenvalue weighted by molar-refractivity contribution is 7.23. The normalized spacial score (nSPS) is 15.1. The van der Waals surface area contributed by atoms with E-state index in [0.29, 0.717) is 0 Å². The molecule has 96 valence electrons. The molecule has 0 fully saturated rings. The fraction of sp³-hybridized carbons (Fsp3) is 1.00. The van der Waals surface area contributed by atoms with Crippen LogP contribution in [0.3, 0.4) is 0 Å². The number of rotatable bonds is 4. The third-order valence-electron chi connectivity index (χ3n) is 3.67. The molecular formula is C10H27FOSi4. The summed E-state index contributed by atoms with van der Waals surface area (Å²) in [6, 6.07) is 0. The Hall–Kier alpha value is 0.598. The average molecular weight is 295 g/mol. The summed E-state index contributed by atoms with van der Waals surface area (Å²) in [5.74, 6) is 0. The van der Waals surface area contributed by atoms with Gasteiger partial charge in [-0.3, -0.25) is 0 Å². The van der Waals surface area contributed by atoms with Crippen LogP contribution in [0.4, 0.5) is 4.11 Å². The zero-order valence-corrected chi connectivity index (χ0v) is 16.3. The maximum atomic E-state index is 14.2. The van der Waals surface area contributed by atoms with Crippen molar-refractivity contribution in [2.45, 2.75) is 62.8 Å². The predicted octanol–water partition coefficient (Wildman–Crippen LogP) is 4.25. The van der Waals surface area contributed by atoms with Gasteiger partial charge in [0.2, 0.25) is 0 Å². The maximum absolute atomic E-state index is 14.2. The van der Waals surface area contributed by atoms with Crippen molar-refractivity contribution in [1.82, 2.24) is 0 Å². The van der Waals surface area contributed by atoms with Gasteiger partial charge in [0.25, 0.3) is 0 Å². The largest absolute Gasteiger partial charge is 0.480 e. The standard InChI is InChI=1S/C10H27FOSi4/c1-14(2,3)10(13(11)12,15(4,5)6)16(7,8)9/h1-9H3. The first-order chi connectivity index (χ1) is 6.69. The van der Waals surface area contributed by atoms with E-state index < -0.39 is 37.1 Å². The van der Waals surface area contributed by atoms with Crippen molar-refractivity contribution in [3.63, 3.8) is 0 Å². The Kier molecular flexibility index (Phi) is 4.53. The van der Waals surface area contributed by atoms with Crippen LogP contribution in [-0.4, -0.2) is 33.2 Å². The molecule has 0 N–H and O–H groups in total. The fourth-order valence-corrected chi connectivity index (χ4v) is 38.3. The summed E-state index contributed by atoms with van der Waals surface area (Å²) in [5.41, 5.74) is 0. The van der Waals surface area contributed by atoms with Gasteiger partial charge < -0.3 is 4.46 Å². The van der Waals surface area contributed by atoms with E-state index in [1.54, 1.807) is 0 Å². The van der Waals surface area contributed by atoms with Crippen molar-refractivity contribution in [1.29, 1.82) is 0 Å². The van der Waals surface area contributed by atoms with Crippen LogP contribution in [0.1, 0.15) is 0 Å². The van der Waals surface area contributed by atoms with Crippen LogP contribution in [0.2, 0.25) is 62.8 Å². The molecule has 0 saturated heterocycles. The second-order valence-corrected chi connectivity index (χ2v) is 27.8.